The Labute approximate surface area is 173 Å². The number of carbonyl (C=O) groups is 1. The molecular formula is C23H21N5O2. The van der Waals surface area contributed by atoms with Crippen molar-refractivity contribution in [1.82, 2.24) is 19.5 Å². The molecule has 1 amide bonds. The van der Waals surface area contributed by atoms with Crippen LogP contribution in [0.2, 0.25) is 0 Å². The van der Waals surface area contributed by atoms with E-state index in [4.69, 9.17) is 4.74 Å². The van der Waals surface area contributed by atoms with E-state index in [1.165, 1.54) is 0 Å². The van der Waals surface area contributed by atoms with Crippen LogP contribution in [0.5, 0.6) is 5.75 Å². The van der Waals surface area contributed by atoms with E-state index < -0.39 is 0 Å². The van der Waals surface area contributed by atoms with Gasteiger partial charge < -0.3 is 15.0 Å². The minimum atomic E-state index is 0.0859. The smallest absolute Gasteiger partial charge is 0.253 e. The van der Waals surface area contributed by atoms with Crippen molar-refractivity contribution in [3.8, 4) is 16.9 Å². The zero-order chi connectivity index (χ0) is 20.5. The lowest BCUT2D eigenvalue weighted by molar-refractivity contribution is 0.0652. The van der Waals surface area contributed by atoms with Gasteiger partial charge in [-0.15, -0.1) is 5.10 Å². The van der Waals surface area contributed by atoms with Gasteiger partial charge in [-0.1, -0.05) is 12.1 Å². The molecule has 1 N–H and O–H groups in total. The standard InChI is InChI=1S/C23H21N5O2/c1-30-19-11-7-16(8-12-19)20-4-2-15-28-21(20)25-23(26-28)24-18-9-5-17(6-10-18)22(29)27-13-3-14-27/h2,4-12,15H,3,13-14H2,1H3,(H,24,26). The monoisotopic (exact) mass is 399 g/mol. The number of nitrogens with zero attached hydrogens (tertiary/aromatic N) is 4. The molecule has 0 radical (unpaired) electrons. The minimum absolute atomic E-state index is 0.0859. The molecule has 30 heavy (non-hydrogen) atoms. The lowest BCUT2D eigenvalue weighted by atomic mass is 10.1. The maximum atomic E-state index is 12.3. The molecular weight excluding hydrogens is 378 g/mol. The lowest BCUT2D eigenvalue weighted by Crippen LogP contribution is -2.41. The fourth-order valence-electron chi connectivity index (χ4n) is 3.48. The third-order valence-electron chi connectivity index (χ3n) is 5.29. The highest BCUT2D eigenvalue weighted by Crippen LogP contribution is 2.27. The summed E-state index contributed by atoms with van der Waals surface area (Å²) in [5.41, 5.74) is 4.31. The number of nitrogens with one attached hydrogen (secondary N) is 1. The zero-order valence-corrected chi connectivity index (χ0v) is 16.6. The van der Waals surface area contributed by atoms with Gasteiger partial charge in [0, 0.05) is 36.1 Å². The Morgan fingerprint density at radius 1 is 1.03 bits per heavy atom. The second-order valence-corrected chi connectivity index (χ2v) is 7.20. The number of rotatable bonds is 5. The van der Waals surface area contributed by atoms with Gasteiger partial charge in [-0.05, 0) is 60.5 Å². The van der Waals surface area contributed by atoms with Gasteiger partial charge in [0.2, 0.25) is 5.95 Å². The molecule has 7 nitrogen and oxygen atoms in total. The van der Waals surface area contributed by atoms with Crippen LogP contribution < -0.4 is 10.1 Å². The Hall–Kier alpha value is -3.87. The molecule has 5 rings (SSSR count). The number of ether oxygens (including phenoxy) is 1. The second-order valence-electron chi connectivity index (χ2n) is 7.20. The van der Waals surface area contributed by atoms with Crippen LogP contribution >= 0.6 is 0 Å². The van der Waals surface area contributed by atoms with Gasteiger partial charge in [-0.25, -0.2) is 4.52 Å². The number of hydrogen-bond donors (Lipinski definition) is 1. The van der Waals surface area contributed by atoms with E-state index in [9.17, 15) is 4.79 Å². The molecule has 0 atom stereocenters. The highest BCUT2D eigenvalue weighted by atomic mass is 16.5. The highest BCUT2D eigenvalue weighted by molar-refractivity contribution is 5.95. The summed E-state index contributed by atoms with van der Waals surface area (Å²) in [4.78, 5) is 18.8. The number of likely N-dealkylation sites (tertiary alicyclic amines) is 1. The SMILES string of the molecule is COc1ccc(-c2cccn3nc(Nc4ccc(C(=O)N5CCC5)cc4)nc23)cc1. The van der Waals surface area contributed by atoms with Crippen LogP contribution in [0.1, 0.15) is 16.8 Å². The molecule has 7 heteroatoms. The molecule has 1 aliphatic heterocycles. The maximum Gasteiger partial charge on any atom is 0.253 e. The average Bonchev–Trinajstić information content (AvgIpc) is 3.15. The summed E-state index contributed by atoms with van der Waals surface area (Å²) in [6.45, 7) is 1.70. The number of methoxy groups -OCH3 is 1. The summed E-state index contributed by atoms with van der Waals surface area (Å²) in [6.07, 6.45) is 2.96. The molecule has 4 aromatic rings. The molecule has 2 aromatic heterocycles. The molecule has 150 valence electrons. The summed E-state index contributed by atoms with van der Waals surface area (Å²) in [7, 11) is 1.65. The van der Waals surface area contributed by atoms with E-state index in [1.807, 2.05) is 71.8 Å². The van der Waals surface area contributed by atoms with Gasteiger partial charge in [-0.2, -0.15) is 4.98 Å². The molecule has 3 heterocycles. The Morgan fingerprint density at radius 3 is 2.47 bits per heavy atom. The fraction of sp³-hybridized carbons (Fsp3) is 0.174. The fourth-order valence-corrected chi connectivity index (χ4v) is 3.48. The molecule has 0 unspecified atom stereocenters. The Balaban J connectivity index is 1.39. The molecule has 1 fully saturated rings. The van der Waals surface area contributed by atoms with Gasteiger partial charge in [0.05, 0.1) is 7.11 Å². The first-order valence-corrected chi connectivity index (χ1v) is 9.87. The molecule has 1 aliphatic rings. The second kappa shape index (κ2) is 7.51. The Kier molecular flexibility index (Phi) is 4.55. The number of aromatic nitrogens is 3. The van der Waals surface area contributed by atoms with Gasteiger partial charge >= 0.3 is 0 Å². The van der Waals surface area contributed by atoms with Crippen molar-refractivity contribution < 1.29 is 9.53 Å². The van der Waals surface area contributed by atoms with E-state index in [2.05, 4.69) is 15.4 Å². The van der Waals surface area contributed by atoms with Crippen LogP contribution in [-0.2, 0) is 0 Å². The van der Waals surface area contributed by atoms with Crippen LogP contribution in [0.15, 0.2) is 66.9 Å². The quantitative estimate of drug-likeness (QED) is 0.549. The number of carbonyl (C=O) groups excluding carboxylic acids is 1. The van der Waals surface area contributed by atoms with Crippen molar-refractivity contribution in [2.45, 2.75) is 6.42 Å². The third-order valence-corrected chi connectivity index (χ3v) is 5.29. The summed E-state index contributed by atoms with van der Waals surface area (Å²) in [5.74, 6) is 1.39. The van der Waals surface area contributed by atoms with Crippen molar-refractivity contribution in [3.05, 3.63) is 72.4 Å². The Morgan fingerprint density at radius 2 is 1.80 bits per heavy atom. The maximum absolute atomic E-state index is 12.3. The molecule has 0 saturated carbocycles. The number of hydrogen-bond acceptors (Lipinski definition) is 5. The lowest BCUT2D eigenvalue weighted by Gasteiger charge is -2.30. The van der Waals surface area contributed by atoms with Crippen LogP contribution in [-0.4, -0.2) is 45.6 Å². The van der Waals surface area contributed by atoms with E-state index in [0.717, 1.165) is 47.7 Å². The van der Waals surface area contributed by atoms with Crippen LogP contribution in [0.4, 0.5) is 11.6 Å². The molecule has 0 bridgehead atoms. The predicted octanol–water partition coefficient (Wildman–Crippen LogP) is 3.99. The first-order valence-electron chi connectivity index (χ1n) is 9.87. The minimum Gasteiger partial charge on any atom is -0.497 e. The number of pyridine rings is 1. The van der Waals surface area contributed by atoms with Gasteiger partial charge in [0.15, 0.2) is 5.65 Å². The van der Waals surface area contributed by atoms with Crippen molar-refractivity contribution in [2.75, 3.05) is 25.5 Å². The van der Waals surface area contributed by atoms with E-state index in [1.54, 1.807) is 11.6 Å². The van der Waals surface area contributed by atoms with Gasteiger partial charge in [-0.3, -0.25) is 4.79 Å². The average molecular weight is 399 g/mol. The van der Waals surface area contributed by atoms with Crippen LogP contribution in [0.3, 0.4) is 0 Å². The van der Waals surface area contributed by atoms with Crippen LogP contribution in [0, 0.1) is 0 Å². The number of anilines is 2. The van der Waals surface area contributed by atoms with Crippen molar-refractivity contribution in [1.29, 1.82) is 0 Å². The van der Waals surface area contributed by atoms with Crippen molar-refractivity contribution in [2.24, 2.45) is 0 Å². The van der Waals surface area contributed by atoms with Gasteiger partial charge in [0.1, 0.15) is 5.75 Å². The predicted molar refractivity (Wildman–Crippen MR) is 115 cm³/mol. The molecule has 1 saturated heterocycles. The van der Waals surface area contributed by atoms with E-state index in [-0.39, 0.29) is 5.91 Å². The highest BCUT2D eigenvalue weighted by Gasteiger charge is 2.21. The van der Waals surface area contributed by atoms with Crippen LogP contribution in [0.25, 0.3) is 16.8 Å². The summed E-state index contributed by atoms with van der Waals surface area (Å²) < 4.78 is 7.00. The van der Waals surface area contributed by atoms with Gasteiger partial charge in [0.25, 0.3) is 5.91 Å². The number of benzene rings is 2. The summed E-state index contributed by atoms with van der Waals surface area (Å²) >= 11 is 0. The summed E-state index contributed by atoms with van der Waals surface area (Å²) in [5, 5.41) is 7.76. The molecule has 0 spiro atoms. The van der Waals surface area contributed by atoms with E-state index >= 15 is 0 Å². The topological polar surface area (TPSA) is 71.8 Å². The third kappa shape index (κ3) is 3.34. The van der Waals surface area contributed by atoms with Crippen molar-refractivity contribution in [3.63, 3.8) is 0 Å². The normalized spacial score (nSPS) is 13.2. The largest absolute Gasteiger partial charge is 0.497 e. The number of amides is 1. The van der Waals surface area contributed by atoms with Crippen molar-refractivity contribution >= 4 is 23.2 Å². The first kappa shape index (κ1) is 18.2. The summed E-state index contributed by atoms with van der Waals surface area (Å²) in [6, 6.07) is 19.3. The Bertz CT molecular complexity index is 1190. The molecule has 2 aromatic carbocycles. The molecule has 0 aliphatic carbocycles. The zero-order valence-electron chi connectivity index (χ0n) is 16.6. The first-order chi connectivity index (χ1) is 14.7. The van der Waals surface area contributed by atoms with E-state index in [0.29, 0.717) is 11.5 Å². The number of fused-ring (bicyclic) bond motifs is 1.